The van der Waals surface area contributed by atoms with Crippen molar-refractivity contribution in [3.8, 4) is 0 Å². The zero-order chi connectivity index (χ0) is 20.2. The van der Waals surface area contributed by atoms with Gasteiger partial charge in [0, 0.05) is 25.0 Å². The van der Waals surface area contributed by atoms with Crippen molar-refractivity contribution in [2.45, 2.75) is 64.7 Å². The van der Waals surface area contributed by atoms with Crippen LogP contribution in [0.3, 0.4) is 0 Å². The molecule has 1 aromatic carbocycles. The lowest BCUT2D eigenvalue weighted by Gasteiger charge is -2.30. The number of nitrogens with zero attached hydrogens (tertiary/aromatic N) is 1. The average Bonchev–Trinajstić information content (AvgIpc) is 3.08. The Balaban J connectivity index is 1.34. The van der Waals surface area contributed by atoms with E-state index >= 15 is 0 Å². The highest BCUT2D eigenvalue weighted by Crippen LogP contribution is 2.37. The van der Waals surface area contributed by atoms with E-state index in [9.17, 15) is 9.18 Å². The van der Waals surface area contributed by atoms with E-state index in [4.69, 9.17) is 4.99 Å². The average molecular weight is 392 g/mol. The third-order valence-electron chi connectivity index (χ3n) is 6.60. The number of aliphatic imine (C=N–C) groups is 1. The van der Waals surface area contributed by atoms with Gasteiger partial charge in [-0.15, -0.1) is 0 Å². The SMILES string of the molecule is Cc1ccc(CCC(=O)C[C@@H]2CCCC(C3=NC=CCC4=C3C=CC4)C2)cc1F. The zero-order valence-electron chi connectivity index (χ0n) is 17.3. The van der Waals surface area contributed by atoms with Gasteiger partial charge in [-0.1, -0.05) is 42.4 Å². The van der Waals surface area contributed by atoms with Crippen LogP contribution in [0.5, 0.6) is 0 Å². The van der Waals surface area contributed by atoms with Gasteiger partial charge in [0.25, 0.3) is 0 Å². The van der Waals surface area contributed by atoms with Gasteiger partial charge in [-0.2, -0.15) is 0 Å². The summed E-state index contributed by atoms with van der Waals surface area (Å²) in [4.78, 5) is 17.4. The molecule has 1 aromatic rings. The first kappa shape index (κ1) is 20.0. The summed E-state index contributed by atoms with van der Waals surface area (Å²) in [6, 6.07) is 5.29. The minimum absolute atomic E-state index is 0.182. The first-order valence-electron chi connectivity index (χ1n) is 11.0. The summed E-state index contributed by atoms with van der Waals surface area (Å²) in [7, 11) is 0. The summed E-state index contributed by atoms with van der Waals surface area (Å²) in [5.41, 5.74) is 5.65. The van der Waals surface area contributed by atoms with Crippen LogP contribution in [0.15, 0.2) is 58.8 Å². The van der Waals surface area contributed by atoms with Gasteiger partial charge in [0.05, 0.1) is 5.71 Å². The van der Waals surface area contributed by atoms with Crippen molar-refractivity contribution in [2.24, 2.45) is 16.8 Å². The Morgan fingerprint density at radius 1 is 1.21 bits per heavy atom. The fourth-order valence-corrected chi connectivity index (χ4v) is 4.95. The number of ketones is 1. The number of carbonyl (C=O) groups excluding carboxylic acids is 1. The zero-order valence-corrected chi connectivity index (χ0v) is 17.3. The number of hydrogen-bond donors (Lipinski definition) is 0. The number of rotatable bonds is 6. The molecule has 2 nitrogen and oxygen atoms in total. The van der Waals surface area contributed by atoms with Crippen molar-refractivity contribution in [3.63, 3.8) is 0 Å². The topological polar surface area (TPSA) is 29.4 Å². The van der Waals surface area contributed by atoms with Crippen LogP contribution in [-0.2, 0) is 11.2 Å². The molecule has 1 fully saturated rings. The van der Waals surface area contributed by atoms with Crippen LogP contribution in [-0.4, -0.2) is 11.5 Å². The van der Waals surface area contributed by atoms with Gasteiger partial charge >= 0.3 is 0 Å². The van der Waals surface area contributed by atoms with E-state index in [1.807, 2.05) is 12.3 Å². The second-order valence-electron chi connectivity index (χ2n) is 8.78. The molecule has 3 heteroatoms. The monoisotopic (exact) mass is 391 g/mol. The number of allylic oxidation sites excluding steroid dienone is 5. The van der Waals surface area contributed by atoms with E-state index in [-0.39, 0.29) is 5.82 Å². The predicted molar refractivity (Wildman–Crippen MR) is 117 cm³/mol. The van der Waals surface area contributed by atoms with Crippen molar-refractivity contribution in [2.75, 3.05) is 0 Å². The second kappa shape index (κ2) is 9.02. The minimum atomic E-state index is -0.182. The van der Waals surface area contributed by atoms with Crippen LogP contribution in [0.4, 0.5) is 4.39 Å². The van der Waals surface area contributed by atoms with E-state index in [1.165, 1.54) is 29.7 Å². The highest BCUT2D eigenvalue weighted by molar-refractivity contribution is 6.06. The summed E-state index contributed by atoms with van der Waals surface area (Å²) in [5, 5.41) is 0. The molecule has 0 amide bonds. The van der Waals surface area contributed by atoms with E-state index in [0.717, 1.165) is 31.2 Å². The number of halogens is 1. The van der Waals surface area contributed by atoms with Crippen LogP contribution >= 0.6 is 0 Å². The van der Waals surface area contributed by atoms with E-state index in [2.05, 4.69) is 18.2 Å². The van der Waals surface area contributed by atoms with E-state index in [1.54, 1.807) is 19.1 Å². The van der Waals surface area contributed by atoms with Crippen molar-refractivity contribution < 1.29 is 9.18 Å². The second-order valence-corrected chi connectivity index (χ2v) is 8.78. The van der Waals surface area contributed by atoms with E-state index in [0.29, 0.717) is 42.4 Å². The molecule has 29 heavy (non-hydrogen) atoms. The van der Waals surface area contributed by atoms with Crippen molar-refractivity contribution in [1.82, 2.24) is 0 Å². The molecular weight excluding hydrogens is 361 g/mol. The molecule has 3 aliphatic rings. The molecule has 2 aliphatic carbocycles. The fourth-order valence-electron chi connectivity index (χ4n) is 4.95. The van der Waals surface area contributed by atoms with Gasteiger partial charge in [0.2, 0.25) is 0 Å². The Bertz CT molecular complexity index is 905. The van der Waals surface area contributed by atoms with Crippen LogP contribution < -0.4 is 0 Å². The number of carbonyl (C=O) groups is 1. The molecular formula is C26H30FNO. The Hall–Kier alpha value is -2.29. The van der Waals surface area contributed by atoms with Gasteiger partial charge < -0.3 is 0 Å². The predicted octanol–water partition coefficient (Wildman–Crippen LogP) is 6.45. The van der Waals surface area contributed by atoms with Gasteiger partial charge in [0.1, 0.15) is 11.6 Å². The Morgan fingerprint density at radius 3 is 2.93 bits per heavy atom. The number of aryl methyl sites for hydroxylation is 2. The van der Waals surface area contributed by atoms with Gasteiger partial charge in [-0.3, -0.25) is 9.79 Å². The molecule has 1 saturated carbocycles. The number of Topliss-reactive ketones (excluding diaryl/α,β-unsaturated/α-hetero) is 1. The molecule has 0 saturated heterocycles. The third-order valence-corrected chi connectivity index (χ3v) is 6.60. The maximum atomic E-state index is 13.7. The summed E-state index contributed by atoms with van der Waals surface area (Å²) < 4.78 is 13.7. The quantitative estimate of drug-likeness (QED) is 0.548. The molecule has 0 N–H and O–H groups in total. The van der Waals surface area contributed by atoms with Crippen molar-refractivity contribution in [3.05, 3.63) is 70.7 Å². The van der Waals surface area contributed by atoms with Crippen molar-refractivity contribution >= 4 is 11.5 Å². The Kier molecular flexibility index (Phi) is 6.22. The standard InChI is InChI=1S/C26H30FNO/c1-18-10-11-19(17-25(18)27)12-13-23(29)16-20-5-2-7-22(15-20)26-24-9-3-6-21(24)8-4-14-28-26/h3-4,9-11,14,17,20,22H,2,5-8,12-13,15-16H2,1H3/t20-,22?/m1/s1. The summed E-state index contributed by atoms with van der Waals surface area (Å²) in [6.07, 6.45) is 17.0. The van der Waals surface area contributed by atoms with Crippen LogP contribution in [0.1, 0.15) is 62.5 Å². The lowest BCUT2D eigenvalue weighted by molar-refractivity contribution is -0.120. The molecule has 0 spiro atoms. The summed E-state index contributed by atoms with van der Waals surface area (Å²) in [6.45, 7) is 1.76. The first-order valence-corrected chi connectivity index (χ1v) is 11.0. The van der Waals surface area contributed by atoms with Crippen molar-refractivity contribution in [1.29, 1.82) is 0 Å². The third kappa shape index (κ3) is 4.83. The van der Waals surface area contributed by atoms with Crippen LogP contribution in [0.25, 0.3) is 0 Å². The Morgan fingerprint density at radius 2 is 2.07 bits per heavy atom. The highest BCUT2D eigenvalue weighted by atomic mass is 19.1. The minimum Gasteiger partial charge on any atom is -0.300 e. The van der Waals surface area contributed by atoms with Gasteiger partial charge in [-0.25, -0.2) is 4.39 Å². The molecule has 0 bridgehead atoms. The first-order chi connectivity index (χ1) is 14.1. The molecule has 1 aliphatic heterocycles. The lowest BCUT2D eigenvalue weighted by atomic mass is 9.75. The largest absolute Gasteiger partial charge is 0.300 e. The molecule has 1 heterocycles. The fraction of sp³-hybridized carbons (Fsp3) is 0.462. The highest BCUT2D eigenvalue weighted by Gasteiger charge is 2.30. The maximum absolute atomic E-state index is 13.7. The molecule has 0 aromatic heterocycles. The van der Waals surface area contributed by atoms with Crippen LogP contribution in [0, 0.1) is 24.6 Å². The molecule has 0 radical (unpaired) electrons. The summed E-state index contributed by atoms with van der Waals surface area (Å²) in [5.74, 6) is 1.03. The maximum Gasteiger partial charge on any atom is 0.133 e. The van der Waals surface area contributed by atoms with Gasteiger partial charge in [-0.05, 0) is 74.1 Å². The summed E-state index contributed by atoms with van der Waals surface area (Å²) >= 11 is 0. The molecule has 4 rings (SSSR count). The van der Waals surface area contributed by atoms with E-state index < -0.39 is 0 Å². The smallest absolute Gasteiger partial charge is 0.133 e. The van der Waals surface area contributed by atoms with Crippen LogP contribution in [0.2, 0.25) is 0 Å². The molecule has 2 atom stereocenters. The Labute approximate surface area is 173 Å². The molecule has 152 valence electrons. The molecule has 1 unspecified atom stereocenters. The number of hydrogen-bond acceptors (Lipinski definition) is 2. The normalized spacial score (nSPS) is 23.7. The van der Waals surface area contributed by atoms with Gasteiger partial charge in [0.15, 0.2) is 0 Å². The lowest BCUT2D eigenvalue weighted by Crippen LogP contribution is -2.25. The number of benzene rings is 1.